The summed E-state index contributed by atoms with van der Waals surface area (Å²) >= 11 is 7.56. The molecule has 1 atom stereocenters. The second-order valence-corrected chi connectivity index (χ2v) is 8.83. The van der Waals surface area contributed by atoms with E-state index in [1.807, 2.05) is 43.5 Å². The number of carbonyl (C=O) groups excluding carboxylic acids is 2. The molecule has 0 aliphatic carbocycles. The van der Waals surface area contributed by atoms with Crippen LogP contribution in [0.1, 0.15) is 33.2 Å². The minimum absolute atomic E-state index is 0.0992. The Labute approximate surface area is 184 Å². The van der Waals surface area contributed by atoms with Crippen LogP contribution >= 0.6 is 22.9 Å². The van der Waals surface area contributed by atoms with E-state index in [2.05, 4.69) is 0 Å². The van der Waals surface area contributed by atoms with E-state index in [1.54, 1.807) is 30.3 Å². The number of likely N-dealkylation sites (tertiary alicyclic amines) is 1. The molecule has 1 saturated heterocycles. The van der Waals surface area contributed by atoms with E-state index < -0.39 is 17.7 Å². The number of carbonyl (C=O) groups is 2. The quantitative estimate of drug-likeness (QED) is 0.326. The monoisotopic (exact) mass is 437 g/mol. The number of benzene rings is 2. The zero-order chi connectivity index (χ0) is 21.4. The van der Waals surface area contributed by atoms with Crippen molar-refractivity contribution in [1.29, 1.82) is 0 Å². The fourth-order valence-corrected chi connectivity index (χ4v) is 4.48. The fraction of sp³-hybridized carbons (Fsp3) is 0.167. The highest BCUT2D eigenvalue weighted by Crippen LogP contribution is 2.41. The minimum Gasteiger partial charge on any atom is -0.507 e. The predicted molar refractivity (Wildman–Crippen MR) is 120 cm³/mol. The number of rotatable bonds is 4. The van der Waals surface area contributed by atoms with Gasteiger partial charge in [-0.2, -0.15) is 0 Å². The zero-order valence-corrected chi connectivity index (χ0v) is 18.1. The van der Waals surface area contributed by atoms with Crippen LogP contribution in [0.3, 0.4) is 0 Å². The summed E-state index contributed by atoms with van der Waals surface area (Å²) in [6, 6.07) is 15.6. The largest absolute Gasteiger partial charge is 0.507 e. The first-order valence-electron chi connectivity index (χ1n) is 9.50. The number of ketones is 1. The van der Waals surface area contributed by atoms with Gasteiger partial charge in [0.15, 0.2) is 0 Å². The van der Waals surface area contributed by atoms with Crippen LogP contribution < -0.4 is 0 Å². The fourth-order valence-electron chi connectivity index (χ4n) is 3.65. The molecular weight excluding hydrogens is 418 g/mol. The van der Waals surface area contributed by atoms with Gasteiger partial charge in [-0.3, -0.25) is 9.59 Å². The van der Waals surface area contributed by atoms with Crippen molar-refractivity contribution in [3.8, 4) is 0 Å². The first-order chi connectivity index (χ1) is 14.4. The summed E-state index contributed by atoms with van der Waals surface area (Å²) in [4.78, 5) is 28.5. The van der Waals surface area contributed by atoms with Crippen LogP contribution in [-0.4, -0.2) is 21.7 Å². The van der Waals surface area contributed by atoms with E-state index in [9.17, 15) is 14.7 Å². The number of hydrogen-bond acceptors (Lipinski definition) is 4. The van der Waals surface area contributed by atoms with Crippen LogP contribution in [0.25, 0.3) is 5.76 Å². The number of halogens is 1. The summed E-state index contributed by atoms with van der Waals surface area (Å²) in [5.41, 5.74) is 3.42. The first kappa shape index (κ1) is 20.4. The molecule has 1 N–H and O–H groups in total. The molecular formula is C24H20ClNO3S. The molecule has 4 rings (SSSR count). The molecule has 1 amide bonds. The molecule has 2 heterocycles. The number of Topliss-reactive ketones (excluding diaryl/α,β-unsaturated/α-hetero) is 1. The van der Waals surface area contributed by atoms with E-state index in [0.717, 1.165) is 21.6 Å². The van der Waals surface area contributed by atoms with Crippen molar-refractivity contribution in [2.75, 3.05) is 0 Å². The summed E-state index contributed by atoms with van der Waals surface area (Å²) in [7, 11) is 0. The average molecular weight is 438 g/mol. The molecule has 1 aliphatic heterocycles. The third-order valence-corrected chi connectivity index (χ3v) is 6.53. The van der Waals surface area contributed by atoms with Gasteiger partial charge in [0.1, 0.15) is 5.76 Å². The number of aliphatic hydroxyl groups is 1. The van der Waals surface area contributed by atoms with Gasteiger partial charge in [-0.15, -0.1) is 11.3 Å². The van der Waals surface area contributed by atoms with Crippen LogP contribution in [-0.2, 0) is 16.1 Å². The molecule has 4 nitrogen and oxygen atoms in total. The van der Waals surface area contributed by atoms with Gasteiger partial charge in [-0.05, 0) is 60.2 Å². The zero-order valence-electron chi connectivity index (χ0n) is 16.6. The lowest BCUT2D eigenvalue weighted by molar-refractivity contribution is -0.140. The lowest BCUT2D eigenvalue weighted by Gasteiger charge is -2.25. The molecule has 30 heavy (non-hydrogen) atoms. The maximum atomic E-state index is 13.0. The summed E-state index contributed by atoms with van der Waals surface area (Å²) in [6.45, 7) is 4.21. The Kier molecular flexibility index (Phi) is 5.50. The molecule has 6 heteroatoms. The van der Waals surface area contributed by atoms with Crippen LogP contribution in [0.4, 0.5) is 0 Å². The van der Waals surface area contributed by atoms with Gasteiger partial charge in [0, 0.05) is 15.5 Å². The molecule has 0 radical (unpaired) electrons. The van der Waals surface area contributed by atoms with Gasteiger partial charge in [0.2, 0.25) is 0 Å². The molecule has 0 spiro atoms. The number of nitrogens with zero attached hydrogens (tertiary/aromatic N) is 1. The minimum atomic E-state index is -0.689. The van der Waals surface area contributed by atoms with E-state index in [-0.39, 0.29) is 11.3 Å². The first-order valence-corrected chi connectivity index (χ1v) is 10.8. The van der Waals surface area contributed by atoms with E-state index in [1.165, 1.54) is 16.2 Å². The lowest BCUT2D eigenvalue weighted by Crippen LogP contribution is -2.28. The summed E-state index contributed by atoms with van der Waals surface area (Å²) in [6.07, 6.45) is 0. The predicted octanol–water partition coefficient (Wildman–Crippen LogP) is 5.64. The highest BCUT2D eigenvalue weighted by atomic mass is 35.5. The Balaban J connectivity index is 1.87. The number of aliphatic hydroxyl groups excluding tert-OH is 1. The molecule has 0 saturated carbocycles. The highest BCUT2D eigenvalue weighted by Gasteiger charge is 2.46. The van der Waals surface area contributed by atoms with Crippen molar-refractivity contribution in [1.82, 2.24) is 4.90 Å². The average Bonchev–Trinajstić information content (AvgIpc) is 3.33. The molecule has 152 valence electrons. The lowest BCUT2D eigenvalue weighted by atomic mass is 9.94. The second-order valence-electron chi connectivity index (χ2n) is 7.36. The highest BCUT2D eigenvalue weighted by molar-refractivity contribution is 7.09. The van der Waals surface area contributed by atoms with E-state index in [0.29, 0.717) is 17.1 Å². The van der Waals surface area contributed by atoms with E-state index in [4.69, 9.17) is 11.6 Å². The maximum absolute atomic E-state index is 13.0. The van der Waals surface area contributed by atoms with Crippen molar-refractivity contribution in [2.45, 2.75) is 26.4 Å². The second kappa shape index (κ2) is 8.09. The Bertz CT molecular complexity index is 1150. The maximum Gasteiger partial charge on any atom is 0.295 e. The van der Waals surface area contributed by atoms with Gasteiger partial charge in [0.25, 0.3) is 11.7 Å². The standard InChI is InChI=1S/C24H20ClNO3S/c1-14-5-6-17(12-15(14)2)22(27)20-21(16-7-9-18(25)10-8-16)26(24(29)23(20)28)13-19-4-3-11-30-19/h3-12,21,27H,13H2,1-2H3/b22-20-. The molecule has 1 unspecified atom stereocenters. The van der Waals surface area contributed by atoms with Crippen LogP contribution in [0.5, 0.6) is 0 Å². The van der Waals surface area contributed by atoms with Gasteiger partial charge < -0.3 is 10.0 Å². The smallest absolute Gasteiger partial charge is 0.295 e. The van der Waals surface area contributed by atoms with Crippen molar-refractivity contribution >= 4 is 40.4 Å². The summed E-state index contributed by atoms with van der Waals surface area (Å²) in [5.74, 6) is -1.46. The Hall–Kier alpha value is -2.89. The van der Waals surface area contributed by atoms with E-state index >= 15 is 0 Å². The number of thiophene rings is 1. The SMILES string of the molecule is Cc1ccc(/C(O)=C2/C(=O)C(=O)N(Cc3cccs3)C2c2ccc(Cl)cc2)cc1C. The van der Waals surface area contributed by atoms with Crippen LogP contribution in [0.15, 0.2) is 65.6 Å². The Morgan fingerprint density at radius 2 is 1.80 bits per heavy atom. The molecule has 1 aromatic heterocycles. The molecule has 0 bridgehead atoms. The van der Waals surface area contributed by atoms with Gasteiger partial charge in [-0.1, -0.05) is 41.9 Å². The topological polar surface area (TPSA) is 57.6 Å². The Morgan fingerprint density at radius 1 is 1.07 bits per heavy atom. The van der Waals surface area contributed by atoms with Gasteiger partial charge in [-0.25, -0.2) is 0 Å². The summed E-state index contributed by atoms with van der Waals surface area (Å²) in [5, 5.41) is 13.6. The number of amides is 1. The van der Waals surface area contributed by atoms with Crippen molar-refractivity contribution in [2.24, 2.45) is 0 Å². The third-order valence-electron chi connectivity index (χ3n) is 5.41. The number of aryl methyl sites for hydroxylation is 2. The third kappa shape index (κ3) is 3.66. The van der Waals surface area contributed by atoms with Crippen molar-refractivity contribution in [3.05, 3.63) is 97.7 Å². The Morgan fingerprint density at radius 3 is 2.43 bits per heavy atom. The van der Waals surface area contributed by atoms with Crippen molar-refractivity contribution in [3.63, 3.8) is 0 Å². The van der Waals surface area contributed by atoms with Crippen LogP contribution in [0.2, 0.25) is 5.02 Å². The molecule has 2 aromatic carbocycles. The van der Waals surface area contributed by atoms with Crippen molar-refractivity contribution < 1.29 is 14.7 Å². The van der Waals surface area contributed by atoms with Gasteiger partial charge >= 0.3 is 0 Å². The molecule has 3 aromatic rings. The molecule has 1 fully saturated rings. The van der Waals surface area contributed by atoms with Crippen LogP contribution in [0, 0.1) is 13.8 Å². The summed E-state index contributed by atoms with van der Waals surface area (Å²) < 4.78 is 0. The molecule has 1 aliphatic rings. The number of hydrogen-bond donors (Lipinski definition) is 1. The van der Waals surface area contributed by atoms with Gasteiger partial charge in [0.05, 0.1) is 18.2 Å². The normalized spacial score (nSPS) is 18.2.